The van der Waals surface area contributed by atoms with E-state index in [1.807, 2.05) is 17.7 Å². The third-order valence-corrected chi connectivity index (χ3v) is 3.20. The van der Waals surface area contributed by atoms with Gasteiger partial charge in [0.2, 0.25) is 4.77 Å². The molecule has 0 atom stereocenters. The molecule has 2 aromatic rings. The first-order valence-electron chi connectivity index (χ1n) is 4.74. The summed E-state index contributed by atoms with van der Waals surface area (Å²) in [6.45, 7) is 2.83. The van der Waals surface area contributed by atoms with Gasteiger partial charge in [0.05, 0.1) is 6.54 Å². The lowest BCUT2D eigenvalue weighted by Gasteiger charge is -2.07. The Hall–Kier alpha value is -1.14. The molecule has 2 N–H and O–H groups in total. The summed E-state index contributed by atoms with van der Waals surface area (Å²) in [5.74, 6) is 0.927. The van der Waals surface area contributed by atoms with Crippen LogP contribution in [0, 0.1) is 4.77 Å². The second kappa shape index (κ2) is 4.59. The smallest absolute Gasteiger partial charge is 0.214 e. The van der Waals surface area contributed by atoms with Gasteiger partial charge in [0.1, 0.15) is 0 Å². The lowest BCUT2D eigenvalue weighted by Crippen LogP contribution is -2.16. The molecular formula is C9H12N4S2. The lowest BCUT2D eigenvalue weighted by atomic mass is 10.4. The number of thiophene rings is 1. The Morgan fingerprint density at radius 2 is 2.53 bits per heavy atom. The molecule has 0 aromatic carbocycles. The van der Waals surface area contributed by atoms with Crippen molar-refractivity contribution in [1.82, 2.24) is 14.9 Å². The number of hydrogen-bond acceptors (Lipinski definition) is 4. The fourth-order valence-electron chi connectivity index (χ4n) is 1.30. The van der Waals surface area contributed by atoms with E-state index in [2.05, 4.69) is 27.1 Å². The van der Waals surface area contributed by atoms with E-state index in [4.69, 9.17) is 12.2 Å². The highest BCUT2D eigenvalue weighted by atomic mass is 32.1. The van der Waals surface area contributed by atoms with E-state index in [9.17, 15) is 0 Å². The summed E-state index contributed by atoms with van der Waals surface area (Å²) in [7, 11) is 0. The van der Waals surface area contributed by atoms with E-state index >= 15 is 0 Å². The molecular weight excluding hydrogens is 228 g/mol. The number of rotatable bonds is 4. The molecule has 15 heavy (non-hydrogen) atoms. The van der Waals surface area contributed by atoms with Crippen molar-refractivity contribution in [1.29, 1.82) is 0 Å². The summed E-state index contributed by atoms with van der Waals surface area (Å²) in [6, 6.07) is 4.13. The molecule has 0 spiro atoms. The zero-order valence-corrected chi connectivity index (χ0v) is 9.99. The first kappa shape index (κ1) is 10.4. The molecule has 2 aromatic heterocycles. The van der Waals surface area contributed by atoms with Crippen LogP contribution in [0.1, 0.15) is 17.6 Å². The van der Waals surface area contributed by atoms with Gasteiger partial charge in [-0.1, -0.05) is 13.0 Å². The van der Waals surface area contributed by atoms with Crippen LogP contribution < -0.4 is 5.43 Å². The average molecular weight is 240 g/mol. The molecule has 0 aliphatic carbocycles. The molecule has 0 amide bonds. The molecule has 0 aliphatic rings. The van der Waals surface area contributed by atoms with Gasteiger partial charge in [-0.15, -0.1) is 11.3 Å². The Bertz CT molecular complexity index is 469. The molecule has 6 heteroatoms. The molecule has 0 radical (unpaired) electrons. The van der Waals surface area contributed by atoms with Crippen LogP contribution in [0.25, 0.3) is 0 Å². The normalized spacial score (nSPS) is 10.5. The van der Waals surface area contributed by atoms with Gasteiger partial charge in [-0.25, -0.2) is 4.68 Å². The summed E-state index contributed by atoms with van der Waals surface area (Å²) in [6.07, 6.45) is 0.852. The van der Waals surface area contributed by atoms with Crippen LogP contribution in [-0.2, 0) is 13.0 Å². The molecule has 2 rings (SSSR count). The van der Waals surface area contributed by atoms with Crippen LogP contribution in [0.15, 0.2) is 17.5 Å². The third kappa shape index (κ3) is 2.27. The molecule has 0 aliphatic heterocycles. The van der Waals surface area contributed by atoms with Crippen LogP contribution in [-0.4, -0.2) is 14.9 Å². The summed E-state index contributed by atoms with van der Waals surface area (Å²) in [5.41, 5.74) is 3.24. The first-order valence-corrected chi connectivity index (χ1v) is 6.02. The second-order valence-corrected chi connectivity index (χ2v) is 4.47. The van der Waals surface area contributed by atoms with E-state index in [0.717, 1.165) is 18.8 Å². The number of aryl methyl sites for hydroxylation is 1. The maximum Gasteiger partial charge on any atom is 0.214 e. The van der Waals surface area contributed by atoms with Gasteiger partial charge in [-0.2, -0.15) is 5.10 Å². The van der Waals surface area contributed by atoms with E-state index in [-0.39, 0.29) is 0 Å². The minimum atomic E-state index is 0.614. The van der Waals surface area contributed by atoms with Gasteiger partial charge in [0, 0.05) is 11.3 Å². The number of nitrogens with zero attached hydrogens (tertiary/aromatic N) is 2. The number of nitrogens with one attached hydrogen (secondary N) is 2. The predicted molar refractivity (Wildman–Crippen MR) is 64.2 cm³/mol. The topological polar surface area (TPSA) is 45.6 Å². The van der Waals surface area contributed by atoms with Crippen LogP contribution in [0.3, 0.4) is 0 Å². The quantitative estimate of drug-likeness (QED) is 0.806. The fourth-order valence-corrected chi connectivity index (χ4v) is 2.15. The zero-order chi connectivity index (χ0) is 10.7. The van der Waals surface area contributed by atoms with Crippen LogP contribution in [0.5, 0.6) is 0 Å². The molecule has 80 valence electrons. The number of aromatic amines is 1. The van der Waals surface area contributed by atoms with Crippen molar-refractivity contribution in [3.05, 3.63) is 33.0 Å². The summed E-state index contributed by atoms with van der Waals surface area (Å²) < 4.78 is 2.44. The van der Waals surface area contributed by atoms with Crippen molar-refractivity contribution in [2.45, 2.75) is 19.9 Å². The lowest BCUT2D eigenvalue weighted by molar-refractivity contribution is 0.767. The maximum atomic E-state index is 5.12. The first-order chi connectivity index (χ1) is 7.31. The molecule has 4 nitrogen and oxygen atoms in total. The zero-order valence-electron chi connectivity index (χ0n) is 8.36. The highest BCUT2D eigenvalue weighted by Gasteiger charge is 2.02. The van der Waals surface area contributed by atoms with Crippen LogP contribution >= 0.6 is 23.6 Å². The van der Waals surface area contributed by atoms with Gasteiger partial charge in [0.25, 0.3) is 0 Å². The standard InChI is InChI=1S/C9H12N4S2/c1-2-8-11-12-9(14)13(8)10-6-7-4-3-5-15-7/h3-5,10H,2,6H2,1H3,(H,12,14). The molecule has 0 saturated heterocycles. The minimum Gasteiger partial charge on any atom is -0.317 e. The van der Waals surface area contributed by atoms with Gasteiger partial charge >= 0.3 is 0 Å². The highest BCUT2D eigenvalue weighted by molar-refractivity contribution is 7.71. The summed E-state index contributed by atoms with van der Waals surface area (Å²) in [4.78, 5) is 1.28. The largest absolute Gasteiger partial charge is 0.317 e. The van der Waals surface area contributed by atoms with Crippen molar-refractivity contribution in [3.8, 4) is 0 Å². The van der Waals surface area contributed by atoms with Crippen LogP contribution in [0.2, 0.25) is 0 Å². The van der Waals surface area contributed by atoms with Crippen molar-refractivity contribution >= 4 is 23.6 Å². The second-order valence-electron chi connectivity index (χ2n) is 3.05. The maximum absolute atomic E-state index is 5.12. The van der Waals surface area contributed by atoms with Gasteiger partial charge in [-0.05, 0) is 23.7 Å². The van der Waals surface area contributed by atoms with Crippen molar-refractivity contribution in [2.24, 2.45) is 0 Å². The monoisotopic (exact) mass is 240 g/mol. The Morgan fingerprint density at radius 1 is 1.67 bits per heavy atom. The van der Waals surface area contributed by atoms with Crippen molar-refractivity contribution in [2.75, 3.05) is 5.43 Å². The fraction of sp³-hybridized carbons (Fsp3) is 0.333. The van der Waals surface area contributed by atoms with E-state index in [0.29, 0.717) is 4.77 Å². The van der Waals surface area contributed by atoms with Gasteiger partial charge < -0.3 is 5.43 Å². The molecule has 0 fully saturated rings. The van der Waals surface area contributed by atoms with E-state index in [1.54, 1.807) is 11.3 Å². The van der Waals surface area contributed by atoms with Crippen molar-refractivity contribution < 1.29 is 0 Å². The van der Waals surface area contributed by atoms with E-state index < -0.39 is 0 Å². The molecule has 0 unspecified atom stereocenters. The SMILES string of the molecule is CCc1n[nH]c(=S)n1NCc1cccs1. The number of aromatic nitrogens is 3. The molecule has 0 bridgehead atoms. The summed E-state index contributed by atoms with van der Waals surface area (Å²) in [5, 5.41) is 8.96. The van der Waals surface area contributed by atoms with E-state index in [1.165, 1.54) is 4.88 Å². The Kier molecular flexibility index (Phi) is 3.17. The van der Waals surface area contributed by atoms with Gasteiger partial charge in [0.15, 0.2) is 5.82 Å². The van der Waals surface area contributed by atoms with Crippen molar-refractivity contribution in [3.63, 3.8) is 0 Å². The Morgan fingerprint density at radius 3 is 3.20 bits per heavy atom. The molecule has 2 heterocycles. The predicted octanol–water partition coefficient (Wildman–Crippen LogP) is 2.31. The minimum absolute atomic E-state index is 0.614. The Balaban J connectivity index is 2.10. The van der Waals surface area contributed by atoms with Crippen LogP contribution in [0.4, 0.5) is 0 Å². The number of hydrogen-bond donors (Lipinski definition) is 2. The molecule has 0 saturated carbocycles. The average Bonchev–Trinajstić information content (AvgIpc) is 2.84. The van der Waals surface area contributed by atoms with Gasteiger partial charge in [-0.3, -0.25) is 5.10 Å². The Labute approximate surface area is 96.9 Å². The number of H-pyrrole nitrogens is 1. The summed E-state index contributed by atoms with van der Waals surface area (Å²) >= 11 is 6.84. The third-order valence-electron chi connectivity index (χ3n) is 2.05. The highest BCUT2D eigenvalue weighted by Crippen LogP contribution is 2.08.